The van der Waals surface area contributed by atoms with Gasteiger partial charge in [-0.2, -0.15) is 0 Å². The predicted octanol–water partition coefficient (Wildman–Crippen LogP) is 4.50. The first-order chi connectivity index (χ1) is 9.88. The third-order valence-corrected chi connectivity index (χ3v) is 3.31. The number of carbonyl (C=O) groups is 1. The zero-order valence-electron chi connectivity index (χ0n) is 10.2. The van der Waals surface area contributed by atoms with Gasteiger partial charge in [-0.25, -0.2) is 4.79 Å². The van der Waals surface area contributed by atoms with E-state index in [-0.39, 0.29) is 27.8 Å². The van der Waals surface area contributed by atoms with E-state index in [1.807, 2.05) is 0 Å². The highest BCUT2D eigenvalue weighted by Gasteiger charge is 2.15. The second-order valence-electron chi connectivity index (χ2n) is 3.92. The smallest absolute Gasteiger partial charge is 0.339 e. The van der Waals surface area contributed by atoms with Crippen molar-refractivity contribution in [3.8, 4) is 11.5 Å². The van der Waals surface area contributed by atoms with E-state index in [1.165, 1.54) is 24.3 Å². The van der Waals surface area contributed by atoms with Gasteiger partial charge >= 0.3 is 5.97 Å². The average Bonchev–Trinajstić information content (AvgIpc) is 2.42. The average molecular weight is 373 g/mol. The zero-order chi connectivity index (χ0) is 15.6. The quantitative estimate of drug-likeness (QED) is 0.630. The standard InChI is InChI=1S/C13H7BrClNO5/c14-7-1-3-11(9(5-7)13(17)18)21-12-4-2-8(16(19)20)6-10(12)15/h1-6H,(H,17,18). The second-order valence-corrected chi connectivity index (χ2v) is 5.24. The summed E-state index contributed by atoms with van der Waals surface area (Å²) in [4.78, 5) is 21.2. The number of nitro groups is 1. The molecule has 0 aromatic heterocycles. The van der Waals surface area contributed by atoms with E-state index in [0.29, 0.717) is 4.47 Å². The molecule has 0 saturated heterocycles. The molecule has 6 nitrogen and oxygen atoms in total. The van der Waals surface area contributed by atoms with E-state index < -0.39 is 10.9 Å². The van der Waals surface area contributed by atoms with Crippen LogP contribution in [0.4, 0.5) is 5.69 Å². The lowest BCUT2D eigenvalue weighted by molar-refractivity contribution is -0.384. The van der Waals surface area contributed by atoms with Gasteiger partial charge in [0.15, 0.2) is 0 Å². The SMILES string of the molecule is O=C(O)c1cc(Br)ccc1Oc1ccc([N+](=O)[O-])cc1Cl. The minimum Gasteiger partial charge on any atom is -0.478 e. The fourth-order valence-corrected chi connectivity index (χ4v) is 2.14. The van der Waals surface area contributed by atoms with Crippen molar-refractivity contribution >= 4 is 39.2 Å². The summed E-state index contributed by atoms with van der Waals surface area (Å²) in [5, 5.41) is 19.8. The first-order valence-electron chi connectivity index (χ1n) is 5.53. The summed E-state index contributed by atoms with van der Waals surface area (Å²) in [6, 6.07) is 8.13. The highest BCUT2D eigenvalue weighted by atomic mass is 79.9. The molecular formula is C13H7BrClNO5. The highest BCUT2D eigenvalue weighted by Crippen LogP contribution is 2.34. The lowest BCUT2D eigenvalue weighted by atomic mass is 10.2. The van der Waals surface area contributed by atoms with Crippen LogP contribution in [-0.2, 0) is 0 Å². The molecule has 0 saturated carbocycles. The van der Waals surface area contributed by atoms with Gasteiger partial charge in [0, 0.05) is 16.6 Å². The third-order valence-electron chi connectivity index (χ3n) is 2.52. The largest absolute Gasteiger partial charge is 0.478 e. The van der Waals surface area contributed by atoms with Crippen molar-refractivity contribution in [3.05, 3.63) is 61.6 Å². The van der Waals surface area contributed by atoms with Gasteiger partial charge in [0.05, 0.1) is 9.95 Å². The molecule has 0 fully saturated rings. The first-order valence-corrected chi connectivity index (χ1v) is 6.70. The van der Waals surface area contributed by atoms with Crippen LogP contribution in [-0.4, -0.2) is 16.0 Å². The van der Waals surface area contributed by atoms with E-state index in [1.54, 1.807) is 6.07 Å². The van der Waals surface area contributed by atoms with Crippen molar-refractivity contribution < 1.29 is 19.6 Å². The molecular weight excluding hydrogens is 366 g/mol. The minimum absolute atomic E-state index is 0.0171. The number of nitro benzene ring substituents is 1. The summed E-state index contributed by atoms with van der Waals surface area (Å²) in [7, 11) is 0. The van der Waals surface area contributed by atoms with Crippen LogP contribution in [0.3, 0.4) is 0 Å². The molecule has 1 N–H and O–H groups in total. The number of aromatic carboxylic acids is 1. The molecule has 108 valence electrons. The maximum atomic E-state index is 11.2. The summed E-state index contributed by atoms with van der Waals surface area (Å²) in [5.74, 6) is -0.946. The number of halogens is 2. The number of benzene rings is 2. The van der Waals surface area contributed by atoms with E-state index in [0.717, 1.165) is 6.07 Å². The third kappa shape index (κ3) is 3.50. The Hall–Kier alpha value is -2.12. The van der Waals surface area contributed by atoms with Crippen LogP contribution >= 0.6 is 27.5 Å². The van der Waals surface area contributed by atoms with Gasteiger partial charge < -0.3 is 9.84 Å². The Morgan fingerprint density at radius 2 is 1.90 bits per heavy atom. The van der Waals surface area contributed by atoms with Crippen LogP contribution in [0.2, 0.25) is 5.02 Å². The van der Waals surface area contributed by atoms with E-state index in [2.05, 4.69) is 15.9 Å². The maximum absolute atomic E-state index is 11.2. The Bertz CT molecular complexity index is 734. The Balaban J connectivity index is 2.39. The Labute approximate surface area is 132 Å². The number of carboxylic acids is 1. The molecule has 0 aliphatic rings. The van der Waals surface area contributed by atoms with Crippen molar-refractivity contribution in [3.63, 3.8) is 0 Å². The molecule has 0 spiro atoms. The number of ether oxygens (including phenoxy) is 1. The normalized spacial score (nSPS) is 10.2. The number of hydrogen-bond acceptors (Lipinski definition) is 4. The van der Waals surface area contributed by atoms with Crippen molar-refractivity contribution in [2.75, 3.05) is 0 Å². The van der Waals surface area contributed by atoms with Crippen LogP contribution in [0, 0.1) is 10.1 Å². The van der Waals surface area contributed by atoms with Gasteiger partial charge in [-0.3, -0.25) is 10.1 Å². The molecule has 0 unspecified atom stereocenters. The molecule has 21 heavy (non-hydrogen) atoms. The van der Waals surface area contributed by atoms with Crippen LogP contribution in [0.1, 0.15) is 10.4 Å². The molecule has 8 heteroatoms. The Morgan fingerprint density at radius 1 is 1.24 bits per heavy atom. The highest BCUT2D eigenvalue weighted by molar-refractivity contribution is 9.10. The van der Waals surface area contributed by atoms with Crippen molar-refractivity contribution in [1.82, 2.24) is 0 Å². The molecule has 2 aromatic carbocycles. The molecule has 0 aliphatic carbocycles. The lowest BCUT2D eigenvalue weighted by Gasteiger charge is -2.10. The van der Waals surface area contributed by atoms with Crippen molar-refractivity contribution in [2.45, 2.75) is 0 Å². The van der Waals surface area contributed by atoms with E-state index >= 15 is 0 Å². The molecule has 0 heterocycles. The summed E-state index contributed by atoms with van der Waals surface area (Å²) < 4.78 is 6.02. The molecule has 2 rings (SSSR count). The van der Waals surface area contributed by atoms with Gasteiger partial charge in [0.25, 0.3) is 5.69 Å². The van der Waals surface area contributed by atoms with Gasteiger partial charge in [-0.05, 0) is 24.3 Å². The van der Waals surface area contributed by atoms with Crippen LogP contribution < -0.4 is 4.74 Å². The molecule has 0 aliphatic heterocycles. The number of rotatable bonds is 4. The van der Waals surface area contributed by atoms with Gasteiger partial charge in [0.1, 0.15) is 17.1 Å². The molecule has 2 aromatic rings. The minimum atomic E-state index is -1.16. The number of carboxylic acid groups (broad SMARTS) is 1. The fourth-order valence-electron chi connectivity index (χ4n) is 1.56. The summed E-state index contributed by atoms with van der Waals surface area (Å²) in [6.07, 6.45) is 0. The van der Waals surface area contributed by atoms with Gasteiger partial charge in [-0.1, -0.05) is 27.5 Å². The number of nitrogens with zero attached hydrogens (tertiary/aromatic N) is 1. The molecule has 0 atom stereocenters. The number of non-ortho nitro benzene ring substituents is 1. The van der Waals surface area contributed by atoms with Gasteiger partial charge in [-0.15, -0.1) is 0 Å². The summed E-state index contributed by atoms with van der Waals surface area (Å²) >= 11 is 9.07. The predicted molar refractivity (Wildman–Crippen MR) is 79.3 cm³/mol. The maximum Gasteiger partial charge on any atom is 0.339 e. The summed E-state index contributed by atoms with van der Waals surface area (Å²) in [5.41, 5.74) is -0.236. The molecule has 0 bridgehead atoms. The second kappa shape index (κ2) is 6.11. The fraction of sp³-hybridized carbons (Fsp3) is 0. The zero-order valence-corrected chi connectivity index (χ0v) is 12.6. The monoisotopic (exact) mass is 371 g/mol. The summed E-state index contributed by atoms with van der Waals surface area (Å²) in [6.45, 7) is 0. The molecule has 0 radical (unpaired) electrons. The molecule has 0 amide bonds. The van der Waals surface area contributed by atoms with Crippen LogP contribution in [0.15, 0.2) is 40.9 Å². The lowest BCUT2D eigenvalue weighted by Crippen LogP contribution is -2.00. The topological polar surface area (TPSA) is 89.7 Å². The van der Waals surface area contributed by atoms with Crippen LogP contribution in [0.25, 0.3) is 0 Å². The van der Waals surface area contributed by atoms with Crippen LogP contribution in [0.5, 0.6) is 11.5 Å². The van der Waals surface area contributed by atoms with Crippen molar-refractivity contribution in [1.29, 1.82) is 0 Å². The Kier molecular flexibility index (Phi) is 4.44. The van der Waals surface area contributed by atoms with Gasteiger partial charge in [0.2, 0.25) is 0 Å². The first kappa shape index (κ1) is 15.3. The Morgan fingerprint density at radius 3 is 2.48 bits per heavy atom. The van der Waals surface area contributed by atoms with E-state index in [4.69, 9.17) is 21.4 Å². The van der Waals surface area contributed by atoms with Crippen molar-refractivity contribution in [2.24, 2.45) is 0 Å². The number of hydrogen-bond donors (Lipinski definition) is 1. The van der Waals surface area contributed by atoms with E-state index in [9.17, 15) is 14.9 Å².